The molecule has 0 aliphatic heterocycles. The van der Waals surface area contributed by atoms with Gasteiger partial charge in [-0.05, 0) is 24.8 Å². The minimum Gasteiger partial charge on any atom is -0.481 e. The third-order valence-corrected chi connectivity index (χ3v) is 3.32. The molecule has 6 heteroatoms. The average Bonchev–Trinajstić information content (AvgIpc) is 2.46. The maximum atomic E-state index is 11.0. The summed E-state index contributed by atoms with van der Waals surface area (Å²) >= 11 is 0. The molecule has 0 aromatic carbocycles. The Bertz CT molecular complexity index is 523. The van der Waals surface area contributed by atoms with Crippen LogP contribution in [0.1, 0.15) is 44.0 Å². The molecule has 0 spiro atoms. The number of aromatic nitrogens is 2. The van der Waals surface area contributed by atoms with E-state index in [2.05, 4.69) is 21.6 Å². The zero-order chi connectivity index (χ0) is 15.1. The lowest BCUT2D eigenvalue weighted by Crippen LogP contribution is -2.23. The number of hydrogen-bond donors (Lipinski definition) is 2. The van der Waals surface area contributed by atoms with Gasteiger partial charge >= 0.3 is 5.97 Å². The summed E-state index contributed by atoms with van der Waals surface area (Å²) in [4.78, 5) is 11.0. The summed E-state index contributed by atoms with van der Waals surface area (Å²) in [6, 6.07) is 2.15. The van der Waals surface area contributed by atoms with E-state index < -0.39 is 11.9 Å². The van der Waals surface area contributed by atoms with Gasteiger partial charge in [-0.2, -0.15) is 10.4 Å². The molecule has 1 aromatic heterocycles. The zero-order valence-corrected chi connectivity index (χ0v) is 12.1. The minimum atomic E-state index is -0.854. The molecule has 1 aromatic rings. The van der Waals surface area contributed by atoms with Crippen molar-refractivity contribution in [3.8, 4) is 6.07 Å². The van der Waals surface area contributed by atoms with Gasteiger partial charge < -0.3 is 10.4 Å². The van der Waals surface area contributed by atoms with E-state index in [1.807, 2.05) is 20.8 Å². The van der Waals surface area contributed by atoms with Gasteiger partial charge in [-0.1, -0.05) is 20.8 Å². The Balaban J connectivity index is 3.02. The van der Waals surface area contributed by atoms with E-state index in [1.54, 1.807) is 0 Å². The molecule has 1 heterocycles. The van der Waals surface area contributed by atoms with Crippen molar-refractivity contribution < 1.29 is 9.90 Å². The molecular weight excluding hydrogens is 256 g/mol. The number of carboxylic acid groups (broad SMARTS) is 1. The second kappa shape index (κ2) is 7.43. The predicted octanol–water partition coefficient (Wildman–Crippen LogP) is 2.00. The van der Waals surface area contributed by atoms with Crippen LogP contribution in [0.4, 0.5) is 5.82 Å². The van der Waals surface area contributed by atoms with Gasteiger partial charge in [0.2, 0.25) is 0 Å². The lowest BCUT2D eigenvalue weighted by atomic mass is 10.0. The average molecular weight is 276 g/mol. The largest absolute Gasteiger partial charge is 0.481 e. The first-order valence-corrected chi connectivity index (χ1v) is 6.84. The van der Waals surface area contributed by atoms with Crippen LogP contribution in [0.25, 0.3) is 0 Å². The fourth-order valence-electron chi connectivity index (χ4n) is 2.04. The normalized spacial score (nSPS) is 11.7. The van der Waals surface area contributed by atoms with Gasteiger partial charge in [0.25, 0.3) is 0 Å². The van der Waals surface area contributed by atoms with Gasteiger partial charge in [0.15, 0.2) is 5.82 Å². The van der Waals surface area contributed by atoms with E-state index in [1.165, 1.54) is 0 Å². The van der Waals surface area contributed by atoms with Crippen LogP contribution in [0.2, 0.25) is 0 Å². The molecule has 6 nitrogen and oxygen atoms in total. The Hall–Kier alpha value is -2.16. The highest BCUT2D eigenvalue weighted by Crippen LogP contribution is 2.20. The summed E-state index contributed by atoms with van der Waals surface area (Å²) in [5.41, 5.74) is 2.18. The molecule has 0 radical (unpaired) electrons. The van der Waals surface area contributed by atoms with Gasteiger partial charge in [0, 0.05) is 6.54 Å². The fraction of sp³-hybridized carbons (Fsp3) is 0.571. The van der Waals surface area contributed by atoms with Crippen LogP contribution in [0.15, 0.2) is 0 Å². The molecule has 1 unspecified atom stereocenters. The summed E-state index contributed by atoms with van der Waals surface area (Å²) in [5, 5.41) is 29.4. The van der Waals surface area contributed by atoms with Crippen molar-refractivity contribution in [1.29, 1.82) is 5.26 Å². The lowest BCUT2D eigenvalue weighted by Gasteiger charge is -2.14. The summed E-state index contributed by atoms with van der Waals surface area (Å²) in [5.74, 6) is -0.979. The molecule has 0 bridgehead atoms. The quantitative estimate of drug-likeness (QED) is 0.790. The van der Waals surface area contributed by atoms with Crippen molar-refractivity contribution in [2.75, 3.05) is 11.9 Å². The first-order chi connectivity index (χ1) is 9.58. The highest BCUT2D eigenvalue weighted by Gasteiger charge is 2.18. The second-order valence-corrected chi connectivity index (χ2v) is 4.49. The van der Waals surface area contributed by atoms with Crippen LogP contribution in [0.5, 0.6) is 0 Å². The Morgan fingerprint density at radius 2 is 2.05 bits per heavy atom. The molecule has 1 rings (SSSR count). The summed E-state index contributed by atoms with van der Waals surface area (Å²) in [6.45, 7) is 5.99. The summed E-state index contributed by atoms with van der Waals surface area (Å²) in [6.07, 6.45) is 1.94. The first kappa shape index (κ1) is 15.9. The molecular formula is C14H20N4O2. The fourth-order valence-corrected chi connectivity index (χ4v) is 2.04. The second-order valence-electron chi connectivity index (χ2n) is 4.49. The number of nitriles is 1. The number of carboxylic acids is 1. The standard InChI is InChI=1S/C14H20N4O2/c1-4-9(14(19)20)8-16-13-11(7-15)10(5-2)12(6-3)17-18-13/h9H,4-6,8H2,1-3H3,(H,16,18)(H,19,20). The van der Waals surface area contributed by atoms with Gasteiger partial charge in [-0.15, -0.1) is 5.10 Å². The van der Waals surface area contributed by atoms with Crippen LogP contribution < -0.4 is 5.32 Å². The number of aryl methyl sites for hydroxylation is 1. The van der Waals surface area contributed by atoms with Crippen LogP contribution in [0, 0.1) is 17.2 Å². The van der Waals surface area contributed by atoms with E-state index in [0.29, 0.717) is 24.2 Å². The molecule has 20 heavy (non-hydrogen) atoms. The molecule has 0 aliphatic rings. The van der Waals surface area contributed by atoms with Gasteiger partial charge in [0.1, 0.15) is 11.6 Å². The van der Waals surface area contributed by atoms with Crippen molar-refractivity contribution >= 4 is 11.8 Å². The van der Waals surface area contributed by atoms with Crippen molar-refractivity contribution in [2.24, 2.45) is 5.92 Å². The first-order valence-electron chi connectivity index (χ1n) is 6.84. The minimum absolute atomic E-state index is 0.240. The summed E-state index contributed by atoms with van der Waals surface area (Å²) < 4.78 is 0. The Morgan fingerprint density at radius 3 is 2.50 bits per heavy atom. The predicted molar refractivity (Wildman–Crippen MR) is 75.4 cm³/mol. The Morgan fingerprint density at radius 1 is 1.35 bits per heavy atom. The maximum absolute atomic E-state index is 11.0. The third kappa shape index (κ3) is 3.44. The number of anilines is 1. The zero-order valence-electron chi connectivity index (χ0n) is 12.1. The Labute approximate surface area is 118 Å². The van der Waals surface area contributed by atoms with Crippen LogP contribution in [-0.4, -0.2) is 27.8 Å². The van der Waals surface area contributed by atoms with Crippen LogP contribution in [-0.2, 0) is 17.6 Å². The molecule has 0 aliphatic carbocycles. The van der Waals surface area contributed by atoms with Crippen molar-refractivity contribution in [3.05, 3.63) is 16.8 Å². The number of rotatable bonds is 7. The third-order valence-electron chi connectivity index (χ3n) is 3.32. The molecule has 0 saturated carbocycles. The van der Waals surface area contributed by atoms with Gasteiger partial charge in [0.05, 0.1) is 11.6 Å². The van der Waals surface area contributed by atoms with E-state index in [-0.39, 0.29) is 6.54 Å². The molecule has 0 saturated heterocycles. The highest BCUT2D eigenvalue weighted by molar-refractivity contribution is 5.71. The highest BCUT2D eigenvalue weighted by atomic mass is 16.4. The van der Waals surface area contributed by atoms with Gasteiger partial charge in [-0.3, -0.25) is 4.79 Å². The number of carbonyl (C=O) groups is 1. The van der Waals surface area contributed by atoms with E-state index in [9.17, 15) is 10.1 Å². The summed E-state index contributed by atoms with van der Waals surface area (Å²) in [7, 11) is 0. The molecule has 0 amide bonds. The van der Waals surface area contributed by atoms with Crippen molar-refractivity contribution in [2.45, 2.75) is 40.0 Å². The van der Waals surface area contributed by atoms with E-state index in [0.717, 1.165) is 17.7 Å². The number of hydrogen-bond acceptors (Lipinski definition) is 5. The monoisotopic (exact) mass is 276 g/mol. The van der Waals surface area contributed by atoms with Crippen molar-refractivity contribution in [1.82, 2.24) is 10.2 Å². The number of nitrogens with one attached hydrogen (secondary N) is 1. The van der Waals surface area contributed by atoms with Crippen LogP contribution >= 0.6 is 0 Å². The van der Waals surface area contributed by atoms with Crippen molar-refractivity contribution in [3.63, 3.8) is 0 Å². The van der Waals surface area contributed by atoms with Gasteiger partial charge in [-0.25, -0.2) is 0 Å². The molecule has 0 fully saturated rings. The Kier molecular flexibility index (Phi) is 5.91. The van der Waals surface area contributed by atoms with E-state index in [4.69, 9.17) is 5.11 Å². The number of nitrogens with zero attached hydrogens (tertiary/aromatic N) is 3. The number of aliphatic carboxylic acids is 1. The topological polar surface area (TPSA) is 98.9 Å². The SMILES string of the molecule is CCc1nnc(NCC(CC)C(=O)O)c(C#N)c1CC. The lowest BCUT2D eigenvalue weighted by molar-refractivity contribution is -0.141. The van der Waals surface area contributed by atoms with Crippen LogP contribution in [0.3, 0.4) is 0 Å². The molecule has 2 N–H and O–H groups in total. The maximum Gasteiger partial charge on any atom is 0.308 e. The smallest absolute Gasteiger partial charge is 0.308 e. The van der Waals surface area contributed by atoms with E-state index >= 15 is 0 Å². The molecule has 108 valence electrons. The molecule has 1 atom stereocenters.